The smallest absolute Gasteiger partial charge is 0.175 e. The monoisotopic (exact) mass is 292 g/mol. The van der Waals surface area contributed by atoms with Gasteiger partial charge in [-0.2, -0.15) is 0 Å². The predicted molar refractivity (Wildman–Crippen MR) is 78.9 cm³/mol. The lowest BCUT2D eigenvalue weighted by molar-refractivity contribution is 0.102. The first-order valence-electron chi connectivity index (χ1n) is 5.83. The Labute approximate surface area is 119 Å². The maximum atomic E-state index is 11.9. The molecular weight excluding hydrogens is 280 g/mol. The van der Waals surface area contributed by atoms with E-state index >= 15 is 0 Å². The second-order valence-electron chi connectivity index (χ2n) is 4.14. The zero-order chi connectivity index (χ0) is 13.7. The largest absolute Gasteiger partial charge is 0.293 e. The number of hydrogen-bond acceptors (Lipinski definition) is 2. The van der Waals surface area contributed by atoms with Gasteiger partial charge >= 0.3 is 0 Å². The number of ketones is 1. The summed E-state index contributed by atoms with van der Waals surface area (Å²) in [7, 11) is -1.20. The average Bonchev–Trinajstić information content (AvgIpc) is 2.42. The molecule has 1 unspecified atom stereocenters. The number of benzene rings is 2. The zero-order valence-corrected chi connectivity index (χ0v) is 11.8. The molecule has 0 bridgehead atoms. The summed E-state index contributed by atoms with van der Waals surface area (Å²) in [5.41, 5.74) is 1.52. The molecule has 2 aromatic rings. The molecule has 0 aliphatic heterocycles. The topological polar surface area (TPSA) is 34.1 Å². The van der Waals surface area contributed by atoms with E-state index in [1.165, 1.54) is 0 Å². The molecule has 0 saturated carbocycles. The first kappa shape index (κ1) is 14.0. The van der Waals surface area contributed by atoms with E-state index in [0.29, 0.717) is 16.3 Å². The molecule has 98 valence electrons. The van der Waals surface area contributed by atoms with Crippen LogP contribution in [0.25, 0.3) is 0 Å². The third-order valence-corrected chi connectivity index (χ3v) is 4.12. The fourth-order valence-corrected chi connectivity index (χ4v) is 2.92. The van der Waals surface area contributed by atoms with Crippen molar-refractivity contribution in [1.29, 1.82) is 0 Å². The Bertz CT molecular complexity index is 579. The van der Waals surface area contributed by atoms with E-state index in [9.17, 15) is 9.00 Å². The molecule has 0 aliphatic carbocycles. The summed E-state index contributed by atoms with van der Waals surface area (Å²) in [6, 6.07) is 16.1. The molecule has 0 amide bonds. The fourth-order valence-electron chi connectivity index (χ4n) is 1.67. The van der Waals surface area contributed by atoms with Crippen LogP contribution in [0.15, 0.2) is 54.6 Å². The van der Waals surface area contributed by atoms with Crippen molar-refractivity contribution in [2.45, 2.75) is 5.75 Å². The minimum absolute atomic E-state index is 0.0483. The fraction of sp³-hybridized carbons (Fsp3) is 0.133. The summed E-state index contributed by atoms with van der Waals surface area (Å²) < 4.78 is 11.9. The predicted octanol–water partition coefficient (Wildman–Crippen LogP) is 3.47. The Morgan fingerprint density at radius 3 is 2.26 bits per heavy atom. The second-order valence-corrected chi connectivity index (χ2v) is 6.04. The van der Waals surface area contributed by atoms with Crippen molar-refractivity contribution >= 4 is 28.2 Å². The maximum Gasteiger partial charge on any atom is 0.175 e. The van der Waals surface area contributed by atoms with E-state index in [4.69, 9.17) is 11.6 Å². The van der Waals surface area contributed by atoms with Crippen molar-refractivity contribution < 1.29 is 9.00 Å². The van der Waals surface area contributed by atoms with Gasteiger partial charge in [-0.1, -0.05) is 54.1 Å². The molecule has 0 saturated heterocycles. The van der Waals surface area contributed by atoms with Gasteiger partial charge in [-0.25, -0.2) is 0 Å². The van der Waals surface area contributed by atoms with Crippen molar-refractivity contribution in [3.05, 3.63) is 70.7 Å². The molecule has 0 fully saturated rings. The lowest BCUT2D eigenvalue weighted by Crippen LogP contribution is -2.12. The van der Waals surface area contributed by atoms with Crippen LogP contribution in [0.1, 0.15) is 15.9 Å². The van der Waals surface area contributed by atoms with E-state index in [1.807, 2.05) is 18.2 Å². The van der Waals surface area contributed by atoms with Gasteiger partial charge in [0.05, 0.1) is 5.75 Å². The Morgan fingerprint density at radius 1 is 1.00 bits per heavy atom. The summed E-state index contributed by atoms with van der Waals surface area (Å²) in [6.07, 6.45) is 0. The lowest BCUT2D eigenvalue weighted by Gasteiger charge is -2.03. The summed E-state index contributed by atoms with van der Waals surface area (Å²) in [4.78, 5) is 11.9. The van der Waals surface area contributed by atoms with Crippen LogP contribution in [0.4, 0.5) is 0 Å². The summed E-state index contributed by atoms with van der Waals surface area (Å²) >= 11 is 5.78. The van der Waals surface area contributed by atoms with E-state index in [-0.39, 0.29) is 11.5 Å². The number of hydrogen-bond donors (Lipinski definition) is 0. The average molecular weight is 293 g/mol. The van der Waals surface area contributed by atoms with Gasteiger partial charge in [0.1, 0.15) is 0 Å². The first-order valence-corrected chi connectivity index (χ1v) is 7.69. The van der Waals surface area contributed by atoms with Crippen LogP contribution < -0.4 is 0 Å². The molecule has 0 aliphatic rings. The Balaban J connectivity index is 1.95. The molecule has 0 heterocycles. The van der Waals surface area contributed by atoms with Crippen LogP contribution in [0.3, 0.4) is 0 Å². The van der Waals surface area contributed by atoms with Crippen molar-refractivity contribution in [2.24, 2.45) is 0 Å². The number of carbonyl (C=O) groups is 1. The van der Waals surface area contributed by atoms with Gasteiger partial charge in [0.2, 0.25) is 0 Å². The Kier molecular flexibility index (Phi) is 4.88. The van der Waals surface area contributed by atoms with Crippen molar-refractivity contribution in [3.63, 3.8) is 0 Å². The highest BCUT2D eigenvalue weighted by Gasteiger charge is 2.10. The summed E-state index contributed by atoms with van der Waals surface area (Å²) in [6.45, 7) is 0. The SMILES string of the molecule is O=C(CS(=O)Cc1ccc(Cl)cc1)c1ccccc1. The highest BCUT2D eigenvalue weighted by molar-refractivity contribution is 7.85. The number of carbonyl (C=O) groups excluding carboxylic acids is 1. The minimum atomic E-state index is -1.20. The van der Waals surface area contributed by atoms with Gasteiger partial charge in [0, 0.05) is 27.1 Å². The third-order valence-electron chi connectivity index (χ3n) is 2.63. The molecular formula is C15H13ClO2S. The van der Waals surface area contributed by atoms with Gasteiger partial charge in [0.25, 0.3) is 0 Å². The Morgan fingerprint density at radius 2 is 1.63 bits per heavy atom. The highest BCUT2D eigenvalue weighted by atomic mass is 35.5. The molecule has 19 heavy (non-hydrogen) atoms. The van der Waals surface area contributed by atoms with Crippen LogP contribution in [-0.4, -0.2) is 15.7 Å². The quantitative estimate of drug-likeness (QED) is 0.791. The van der Waals surface area contributed by atoms with Crippen molar-refractivity contribution in [1.82, 2.24) is 0 Å². The van der Waals surface area contributed by atoms with Crippen LogP contribution in [0, 0.1) is 0 Å². The summed E-state index contributed by atoms with van der Waals surface area (Å²) in [5, 5.41) is 0.648. The number of halogens is 1. The minimum Gasteiger partial charge on any atom is -0.293 e. The van der Waals surface area contributed by atoms with Crippen LogP contribution in [0.2, 0.25) is 5.02 Å². The molecule has 2 nitrogen and oxygen atoms in total. The molecule has 0 spiro atoms. The third kappa shape index (κ3) is 4.30. The zero-order valence-electron chi connectivity index (χ0n) is 10.2. The van der Waals surface area contributed by atoms with E-state index in [0.717, 1.165) is 5.56 Å². The van der Waals surface area contributed by atoms with Gasteiger partial charge in [-0.05, 0) is 17.7 Å². The molecule has 4 heteroatoms. The van der Waals surface area contributed by atoms with E-state index < -0.39 is 10.8 Å². The normalized spacial score (nSPS) is 12.1. The number of rotatable bonds is 5. The van der Waals surface area contributed by atoms with Crippen LogP contribution in [0.5, 0.6) is 0 Å². The lowest BCUT2D eigenvalue weighted by atomic mass is 10.2. The second kappa shape index (κ2) is 6.64. The van der Waals surface area contributed by atoms with Gasteiger partial charge in [-0.3, -0.25) is 9.00 Å². The van der Waals surface area contributed by atoms with E-state index in [1.54, 1.807) is 36.4 Å². The molecule has 2 rings (SSSR count). The number of Topliss-reactive ketones (excluding diaryl/α,β-unsaturated/α-hetero) is 1. The van der Waals surface area contributed by atoms with Crippen LogP contribution >= 0.6 is 11.6 Å². The van der Waals surface area contributed by atoms with Crippen molar-refractivity contribution in [2.75, 3.05) is 5.75 Å². The Hall–Kier alpha value is -1.45. The summed E-state index contributed by atoms with van der Waals surface area (Å²) in [5.74, 6) is 0.329. The van der Waals surface area contributed by atoms with Crippen molar-refractivity contribution in [3.8, 4) is 0 Å². The van der Waals surface area contributed by atoms with Crippen LogP contribution in [-0.2, 0) is 16.6 Å². The highest BCUT2D eigenvalue weighted by Crippen LogP contribution is 2.11. The molecule has 2 aromatic carbocycles. The standard InChI is InChI=1S/C15H13ClO2S/c16-14-8-6-12(7-9-14)10-19(18)11-15(17)13-4-2-1-3-5-13/h1-9H,10-11H2. The first-order chi connectivity index (χ1) is 9.15. The maximum absolute atomic E-state index is 11.9. The van der Waals surface area contributed by atoms with E-state index in [2.05, 4.69) is 0 Å². The molecule has 0 N–H and O–H groups in total. The van der Waals surface area contributed by atoms with Gasteiger partial charge in [0.15, 0.2) is 5.78 Å². The molecule has 0 radical (unpaired) electrons. The van der Waals surface area contributed by atoms with Gasteiger partial charge in [-0.15, -0.1) is 0 Å². The molecule has 0 aromatic heterocycles. The van der Waals surface area contributed by atoms with Gasteiger partial charge < -0.3 is 0 Å². The molecule has 1 atom stereocenters.